The average molecular weight is 298 g/mol. The lowest BCUT2D eigenvalue weighted by Crippen LogP contribution is -2.42. The van der Waals surface area contributed by atoms with Crippen molar-refractivity contribution in [2.75, 3.05) is 5.32 Å². The fraction of sp³-hybridized carbons (Fsp3) is 0.125. The Labute approximate surface area is 126 Å². The van der Waals surface area contributed by atoms with Gasteiger partial charge in [-0.15, -0.1) is 0 Å². The van der Waals surface area contributed by atoms with Gasteiger partial charge < -0.3 is 5.32 Å². The summed E-state index contributed by atoms with van der Waals surface area (Å²) in [6, 6.07) is 15.3. The van der Waals surface area contributed by atoms with Gasteiger partial charge in [0.25, 0.3) is 5.91 Å². The Morgan fingerprint density at radius 2 is 1.95 bits per heavy atom. The van der Waals surface area contributed by atoms with Gasteiger partial charge in [-0.05, 0) is 17.7 Å². The van der Waals surface area contributed by atoms with Crippen LogP contribution in [0.3, 0.4) is 0 Å². The lowest BCUT2D eigenvalue weighted by Gasteiger charge is -2.20. The summed E-state index contributed by atoms with van der Waals surface area (Å²) in [6.07, 6.45) is 0.525. The molecule has 1 unspecified atom stereocenters. The van der Waals surface area contributed by atoms with E-state index in [1.54, 1.807) is 12.1 Å². The van der Waals surface area contributed by atoms with E-state index in [-0.39, 0.29) is 5.91 Å². The number of fused-ring (bicyclic) bond motifs is 2. The fourth-order valence-corrected chi connectivity index (χ4v) is 3.09. The van der Waals surface area contributed by atoms with Crippen molar-refractivity contribution in [1.82, 2.24) is 5.43 Å². The summed E-state index contributed by atoms with van der Waals surface area (Å²) < 4.78 is 0. The maximum absolute atomic E-state index is 12.5. The second-order valence-electron chi connectivity index (χ2n) is 5.26. The summed E-state index contributed by atoms with van der Waals surface area (Å²) in [4.78, 5) is 12.5. The molecule has 0 bridgehead atoms. The second-order valence-corrected chi connectivity index (χ2v) is 5.70. The molecule has 0 aromatic heterocycles. The Kier molecular flexibility index (Phi) is 2.56. The first kappa shape index (κ1) is 12.4. The van der Waals surface area contributed by atoms with Crippen LogP contribution in [-0.4, -0.2) is 11.6 Å². The van der Waals surface area contributed by atoms with Crippen LogP contribution in [-0.2, 0) is 10.3 Å². The van der Waals surface area contributed by atoms with Gasteiger partial charge in [-0.3, -0.25) is 10.2 Å². The number of nitrogens with one attached hydrogen (secondary N) is 2. The molecule has 0 radical (unpaired) electrons. The molecule has 2 aromatic carbocycles. The predicted molar refractivity (Wildman–Crippen MR) is 82.5 cm³/mol. The molecule has 2 N–H and O–H groups in total. The van der Waals surface area contributed by atoms with Gasteiger partial charge in [0.2, 0.25) is 0 Å². The van der Waals surface area contributed by atoms with Crippen LogP contribution in [0.25, 0.3) is 0 Å². The van der Waals surface area contributed by atoms with Gasteiger partial charge in [-0.25, -0.2) is 0 Å². The second kappa shape index (κ2) is 4.33. The minimum absolute atomic E-state index is 0.0885. The first-order valence-electron chi connectivity index (χ1n) is 6.70. The fourth-order valence-electron chi connectivity index (χ4n) is 2.92. The molecule has 104 valence electrons. The molecule has 2 aliphatic heterocycles. The summed E-state index contributed by atoms with van der Waals surface area (Å²) in [5.74, 6) is -0.0885. The van der Waals surface area contributed by atoms with E-state index in [2.05, 4.69) is 15.8 Å². The molecule has 4 rings (SSSR count). The molecule has 0 saturated heterocycles. The van der Waals surface area contributed by atoms with Gasteiger partial charge in [-0.1, -0.05) is 48.0 Å². The monoisotopic (exact) mass is 297 g/mol. The molecule has 2 aliphatic rings. The maximum Gasteiger partial charge on any atom is 0.256 e. The largest absolute Gasteiger partial charge is 0.323 e. The van der Waals surface area contributed by atoms with Crippen LogP contribution in [0.4, 0.5) is 5.69 Å². The molecule has 2 aromatic rings. The minimum atomic E-state index is -0.814. The van der Waals surface area contributed by atoms with E-state index < -0.39 is 5.54 Å². The van der Waals surface area contributed by atoms with E-state index in [4.69, 9.17) is 11.6 Å². The molecule has 0 aliphatic carbocycles. The van der Waals surface area contributed by atoms with Gasteiger partial charge in [0.15, 0.2) is 5.54 Å². The van der Waals surface area contributed by atoms with E-state index >= 15 is 0 Å². The number of anilines is 1. The third-order valence-electron chi connectivity index (χ3n) is 4.00. The summed E-state index contributed by atoms with van der Waals surface area (Å²) in [5.41, 5.74) is 5.78. The normalized spacial score (nSPS) is 22.7. The van der Waals surface area contributed by atoms with Crippen molar-refractivity contribution in [3.8, 4) is 0 Å². The quantitative estimate of drug-likeness (QED) is 0.850. The smallest absolute Gasteiger partial charge is 0.256 e. The van der Waals surface area contributed by atoms with Crippen LogP contribution in [0.15, 0.2) is 53.6 Å². The number of amides is 1. The summed E-state index contributed by atoms with van der Waals surface area (Å²) in [7, 11) is 0. The Bertz CT molecular complexity index is 772. The number of halogens is 1. The summed E-state index contributed by atoms with van der Waals surface area (Å²) in [6.45, 7) is 0. The van der Waals surface area contributed by atoms with Crippen LogP contribution >= 0.6 is 11.6 Å². The summed E-state index contributed by atoms with van der Waals surface area (Å²) >= 11 is 5.99. The van der Waals surface area contributed by atoms with Crippen molar-refractivity contribution >= 4 is 28.9 Å². The van der Waals surface area contributed by atoms with Crippen LogP contribution < -0.4 is 10.7 Å². The molecule has 1 spiro atoms. The highest BCUT2D eigenvalue weighted by Crippen LogP contribution is 2.42. The van der Waals surface area contributed by atoms with Gasteiger partial charge in [0.1, 0.15) is 0 Å². The molecule has 4 nitrogen and oxygen atoms in total. The van der Waals surface area contributed by atoms with E-state index in [1.807, 2.05) is 36.4 Å². The van der Waals surface area contributed by atoms with Gasteiger partial charge in [-0.2, -0.15) is 5.10 Å². The Morgan fingerprint density at radius 1 is 1.14 bits per heavy atom. The summed E-state index contributed by atoms with van der Waals surface area (Å²) in [5, 5.41) is 7.87. The lowest BCUT2D eigenvalue weighted by atomic mass is 9.86. The highest BCUT2D eigenvalue weighted by molar-refractivity contribution is 6.31. The molecule has 0 saturated carbocycles. The Balaban J connectivity index is 1.74. The topological polar surface area (TPSA) is 53.5 Å². The Morgan fingerprint density at radius 3 is 2.76 bits per heavy atom. The number of benzene rings is 2. The minimum Gasteiger partial charge on any atom is -0.323 e. The zero-order valence-electron chi connectivity index (χ0n) is 11.1. The van der Waals surface area contributed by atoms with Crippen molar-refractivity contribution < 1.29 is 4.79 Å². The van der Waals surface area contributed by atoms with Crippen molar-refractivity contribution in [3.05, 3.63) is 64.7 Å². The van der Waals surface area contributed by atoms with E-state index in [0.717, 1.165) is 22.5 Å². The van der Waals surface area contributed by atoms with Crippen LogP contribution in [0, 0.1) is 0 Å². The SMILES string of the molecule is O=C1Nc2cc(Cl)ccc2C12CC(c1ccccc1)=NN2. The number of nitrogens with zero attached hydrogens (tertiary/aromatic N) is 1. The molecule has 1 amide bonds. The van der Waals surface area contributed by atoms with E-state index in [9.17, 15) is 4.79 Å². The number of carbonyl (C=O) groups is 1. The third kappa shape index (κ3) is 1.76. The van der Waals surface area contributed by atoms with E-state index in [1.165, 1.54) is 0 Å². The molecular formula is C16H12ClN3O. The molecule has 1 atom stereocenters. The molecular weight excluding hydrogens is 286 g/mol. The number of carbonyl (C=O) groups excluding carboxylic acids is 1. The lowest BCUT2D eigenvalue weighted by molar-refractivity contribution is -0.121. The maximum atomic E-state index is 12.5. The van der Waals surface area contributed by atoms with Crippen LogP contribution in [0.5, 0.6) is 0 Å². The predicted octanol–water partition coefficient (Wildman–Crippen LogP) is 2.89. The Hall–Kier alpha value is -2.33. The highest BCUT2D eigenvalue weighted by atomic mass is 35.5. The molecule has 2 heterocycles. The first-order chi connectivity index (χ1) is 10.2. The van der Waals surface area contributed by atoms with Crippen LogP contribution in [0.1, 0.15) is 17.5 Å². The number of hydrogen-bond acceptors (Lipinski definition) is 3. The zero-order chi connectivity index (χ0) is 14.4. The number of hydrogen-bond donors (Lipinski definition) is 2. The standard InChI is InChI=1S/C16H12ClN3O/c17-11-6-7-12-13(8-11)18-15(21)16(12)9-14(19-20-16)10-4-2-1-3-5-10/h1-8,20H,9H2,(H,18,21). The molecule has 21 heavy (non-hydrogen) atoms. The number of hydrazone groups is 1. The molecule has 0 fully saturated rings. The zero-order valence-corrected chi connectivity index (χ0v) is 11.8. The average Bonchev–Trinajstić information content (AvgIpc) is 3.04. The van der Waals surface area contributed by atoms with Gasteiger partial charge >= 0.3 is 0 Å². The first-order valence-corrected chi connectivity index (χ1v) is 7.07. The number of rotatable bonds is 1. The van der Waals surface area contributed by atoms with E-state index in [0.29, 0.717) is 11.4 Å². The van der Waals surface area contributed by atoms with Crippen molar-refractivity contribution in [3.63, 3.8) is 0 Å². The van der Waals surface area contributed by atoms with Crippen LogP contribution in [0.2, 0.25) is 5.02 Å². The highest BCUT2D eigenvalue weighted by Gasteiger charge is 2.50. The third-order valence-corrected chi connectivity index (χ3v) is 4.23. The van der Waals surface area contributed by atoms with Gasteiger partial charge in [0.05, 0.1) is 5.71 Å². The van der Waals surface area contributed by atoms with Crippen molar-refractivity contribution in [1.29, 1.82) is 0 Å². The van der Waals surface area contributed by atoms with Gasteiger partial charge in [0, 0.05) is 22.7 Å². The van der Waals surface area contributed by atoms with Crippen molar-refractivity contribution in [2.45, 2.75) is 12.0 Å². The van der Waals surface area contributed by atoms with Crippen molar-refractivity contribution in [2.24, 2.45) is 5.10 Å². The molecule has 5 heteroatoms.